The molecule has 11 nitrogen and oxygen atoms in total. The SMILES string of the molecule is Cn1ccc(Nc2ncnc(-c3ccc4c(c3)CN(CC(C)(F)F)CC[C@H]4NC(=O)c3nc(C(C)(C)C)co3)n2)n1. The zero-order valence-corrected chi connectivity index (χ0v) is 23.7. The molecule has 0 saturated heterocycles. The van der Waals surface area contributed by atoms with E-state index >= 15 is 0 Å². The van der Waals surface area contributed by atoms with E-state index in [1.807, 2.05) is 39.0 Å². The standard InChI is InChI=1S/C28H33F2N9O2/c1-27(2,3)21-14-41-25(34-21)24(40)33-20-8-11-39(15-28(4,29)30)13-18-12-17(6-7-19(18)20)23-31-16-32-26(36-23)35-22-9-10-38(5)37-22/h6-7,9-10,12,14,16,20H,8,11,13,15H2,1-5H3,(H,33,40)(H,31,32,35,36,37)/t20-/m1/s1. The molecular weight excluding hydrogens is 532 g/mol. The molecule has 1 amide bonds. The summed E-state index contributed by atoms with van der Waals surface area (Å²) in [6, 6.07) is 6.97. The van der Waals surface area contributed by atoms with Crippen molar-refractivity contribution in [2.75, 3.05) is 18.4 Å². The number of hydrogen-bond acceptors (Lipinski definition) is 9. The number of aromatic nitrogens is 6. The van der Waals surface area contributed by atoms with E-state index in [2.05, 4.69) is 35.7 Å². The number of nitrogens with zero attached hydrogens (tertiary/aromatic N) is 7. The molecule has 1 aliphatic heterocycles. The number of fused-ring (bicyclic) bond motifs is 1. The molecule has 216 valence electrons. The average molecular weight is 566 g/mol. The van der Waals surface area contributed by atoms with E-state index < -0.39 is 24.4 Å². The summed E-state index contributed by atoms with van der Waals surface area (Å²) < 4.78 is 35.2. The summed E-state index contributed by atoms with van der Waals surface area (Å²) in [7, 11) is 1.81. The molecule has 4 aromatic rings. The lowest BCUT2D eigenvalue weighted by Crippen LogP contribution is -2.35. The Kier molecular flexibility index (Phi) is 7.56. The molecule has 0 spiro atoms. The minimum atomic E-state index is -2.87. The van der Waals surface area contributed by atoms with E-state index in [0.29, 0.717) is 41.8 Å². The summed E-state index contributed by atoms with van der Waals surface area (Å²) in [5.74, 6) is -2.05. The van der Waals surface area contributed by atoms with Crippen LogP contribution in [0.4, 0.5) is 20.5 Å². The molecule has 13 heteroatoms. The molecule has 4 heterocycles. The molecule has 0 unspecified atom stereocenters. The van der Waals surface area contributed by atoms with Crippen molar-refractivity contribution in [2.24, 2.45) is 7.05 Å². The van der Waals surface area contributed by atoms with Crippen molar-refractivity contribution in [1.82, 2.24) is 39.9 Å². The van der Waals surface area contributed by atoms with Gasteiger partial charge < -0.3 is 15.1 Å². The van der Waals surface area contributed by atoms with Crippen LogP contribution in [0.1, 0.15) is 67.7 Å². The van der Waals surface area contributed by atoms with Gasteiger partial charge >= 0.3 is 5.91 Å². The van der Waals surface area contributed by atoms with Gasteiger partial charge in [-0.3, -0.25) is 14.4 Å². The topological polar surface area (TPSA) is 127 Å². The average Bonchev–Trinajstić information content (AvgIpc) is 3.52. The zero-order valence-electron chi connectivity index (χ0n) is 23.7. The normalized spacial score (nSPS) is 16.2. The van der Waals surface area contributed by atoms with Gasteiger partial charge in [-0.2, -0.15) is 10.1 Å². The monoisotopic (exact) mass is 565 g/mol. The number of halogens is 2. The Hall–Kier alpha value is -4.26. The highest BCUT2D eigenvalue weighted by atomic mass is 19.3. The van der Waals surface area contributed by atoms with Gasteiger partial charge in [-0.25, -0.2) is 23.7 Å². The van der Waals surface area contributed by atoms with Crippen LogP contribution in [0.15, 0.2) is 47.5 Å². The minimum Gasteiger partial charge on any atom is -0.441 e. The van der Waals surface area contributed by atoms with Crippen LogP contribution in [0.5, 0.6) is 0 Å². The summed E-state index contributed by atoms with van der Waals surface area (Å²) in [6.07, 6.45) is 5.11. The number of hydrogen-bond donors (Lipinski definition) is 2. The van der Waals surface area contributed by atoms with Crippen molar-refractivity contribution in [1.29, 1.82) is 0 Å². The Morgan fingerprint density at radius 2 is 1.95 bits per heavy atom. The molecule has 0 fully saturated rings. The summed E-state index contributed by atoms with van der Waals surface area (Å²) in [6.45, 7) is 7.08. The zero-order chi connectivity index (χ0) is 29.4. The number of nitrogens with one attached hydrogen (secondary N) is 2. The second-order valence-corrected chi connectivity index (χ2v) is 11.4. The molecular formula is C28H33F2N9O2. The van der Waals surface area contributed by atoms with Crippen LogP contribution in [0.25, 0.3) is 11.4 Å². The maximum atomic E-state index is 14.0. The molecule has 5 rings (SSSR count). The van der Waals surface area contributed by atoms with Gasteiger partial charge in [0.15, 0.2) is 11.6 Å². The molecule has 1 atom stereocenters. The van der Waals surface area contributed by atoms with Gasteiger partial charge in [0.25, 0.3) is 11.8 Å². The molecule has 1 aromatic carbocycles. The van der Waals surface area contributed by atoms with Crippen LogP contribution in [0, 0.1) is 0 Å². The van der Waals surface area contributed by atoms with Crippen LogP contribution >= 0.6 is 0 Å². The van der Waals surface area contributed by atoms with Crippen molar-refractivity contribution >= 4 is 17.7 Å². The lowest BCUT2D eigenvalue weighted by Gasteiger charge is -2.24. The molecule has 0 saturated carbocycles. The first-order chi connectivity index (χ1) is 19.3. The van der Waals surface area contributed by atoms with Crippen LogP contribution in [0.3, 0.4) is 0 Å². The fourth-order valence-corrected chi connectivity index (χ4v) is 4.72. The van der Waals surface area contributed by atoms with Gasteiger partial charge in [-0.15, -0.1) is 0 Å². The Labute approximate surface area is 236 Å². The largest absolute Gasteiger partial charge is 0.441 e. The Morgan fingerprint density at radius 3 is 2.63 bits per heavy atom. The van der Waals surface area contributed by atoms with Gasteiger partial charge in [-0.05, 0) is 23.6 Å². The fourth-order valence-electron chi connectivity index (χ4n) is 4.72. The number of oxazole rings is 1. The molecule has 2 N–H and O–H groups in total. The van der Waals surface area contributed by atoms with E-state index in [0.717, 1.165) is 18.1 Å². The molecule has 3 aromatic heterocycles. The second-order valence-electron chi connectivity index (χ2n) is 11.4. The van der Waals surface area contributed by atoms with E-state index in [-0.39, 0.29) is 17.9 Å². The van der Waals surface area contributed by atoms with Crippen LogP contribution in [-0.2, 0) is 19.0 Å². The van der Waals surface area contributed by atoms with Gasteiger partial charge in [0.05, 0.1) is 18.3 Å². The maximum Gasteiger partial charge on any atom is 0.307 e. The molecule has 0 bridgehead atoms. The number of benzene rings is 1. The highest BCUT2D eigenvalue weighted by Gasteiger charge is 2.31. The Bertz CT molecular complexity index is 1540. The lowest BCUT2D eigenvalue weighted by molar-refractivity contribution is -0.0166. The number of carbonyl (C=O) groups excluding carboxylic acids is 1. The van der Waals surface area contributed by atoms with Crippen molar-refractivity contribution in [3.8, 4) is 11.4 Å². The predicted octanol–water partition coefficient (Wildman–Crippen LogP) is 4.63. The van der Waals surface area contributed by atoms with Crippen LogP contribution < -0.4 is 10.6 Å². The molecule has 41 heavy (non-hydrogen) atoms. The van der Waals surface area contributed by atoms with Crippen molar-refractivity contribution in [3.05, 3.63) is 65.8 Å². The number of alkyl halides is 2. The van der Waals surface area contributed by atoms with Gasteiger partial charge in [0.2, 0.25) is 5.95 Å². The number of amides is 1. The first kappa shape index (κ1) is 28.3. The third-order valence-corrected chi connectivity index (χ3v) is 6.70. The number of aryl methyl sites for hydroxylation is 1. The van der Waals surface area contributed by atoms with Gasteiger partial charge in [0.1, 0.15) is 12.6 Å². The molecule has 0 aliphatic carbocycles. The lowest BCUT2D eigenvalue weighted by atomic mass is 9.93. The summed E-state index contributed by atoms with van der Waals surface area (Å²) in [5, 5.41) is 10.3. The Morgan fingerprint density at radius 1 is 1.15 bits per heavy atom. The maximum absolute atomic E-state index is 14.0. The van der Waals surface area contributed by atoms with Gasteiger partial charge in [0, 0.05) is 50.3 Å². The van der Waals surface area contributed by atoms with Crippen molar-refractivity contribution in [3.63, 3.8) is 0 Å². The van der Waals surface area contributed by atoms with E-state index in [1.165, 1.54) is 12.6 Å². The number of carbonyl (C=O) groups is 1. The summed E-state index contributed by atoms with van der Waals surface area (Å²) in [5.41, 5.74) is 2.69. The molecule has 0 radical (unpaired) electrons. The summed E-state index contributed by atoms with van der Waals surface area (Å²) >= 11 is 0. The second kappa shape index (κ2) is 11.0. The van der Waals surface area contributed by atoms with Crippen molar-refractivity contribution < 1.29 is 18.0 Å². The minimum absolute atomic E-state index is 0.0348. The fraction of sp³-hybridized carbons (Fsp3) is 0.429. The smallest absolute Gasteiger partial charge is 0.307 e. The highest BCUT2D eigenvalue weighted by molar-refractivity contribution is 5.90. The quantitative estimate of drug-likeness (QED) is 0.330. The third-order valence-electron chi connectivity index (χ3n) is 6.70. The Balaban J connectivity index is 1.43. The van der Waals surface area contributed by atoms with Gasteiger partial charge in [-0.1, -0.05) is 32.9 Å². The van der Waals surface area contributed by atoms with Crippen LogP contribution in [0.2, 0.25) is 0 Å². The van der Waals surface area contributed by atoms with E-state index in [1.54, 1.807) is 28.9 Å². The number of rotatable bonds is 7. The van der Waals surface area contributed by atoms with Crippen LogP contribution in [-0.4, -0.2) is 59.5 Å². The first-order valence-corrected chi connectivity index (χ1v) is 13.3. The predicted molar refractivity (Wildman–Crippen MR) is 148 cm³/mol. The van der Waals surface area contributed by atoms with E-state index in [9.17, 15) is 13.6 Å². The first-order valence-electron chi connectivity index (χ1n) is 13.3. The van der Waals surface area contributed by atoms with E-state index in [4.69, 9.17) is 4.42 Å². The third kappa shape index (κ3) is 6.91. The number of anilines is 2. The summed E-state index contributed by atoms with van der Waals surface area (Å²) in [4.78, 5) is 32.2. The van der Waals surface area contributed by atoms with Crippen molar-refractivity contribution in [2.45, 2.75) is 58.0 Å². The molecule has 1 aliphatic rings. The highest BCUT2D eigenvalue weighted by Crippen LogP contribution is 2.32.